The van der Waals surface area contributed by atoms with Gasteiger partial charge in [-0.15, -0.1) is 0 Å². The fourth-order valence-electron chi connectivity index (χ4n) is 1.51. The van der Waals surface area contributed by atoms with Gasteiger partial charge in [-0.05, 0) is 31.7 Å². The molecular weight excluding hydrogens is 208 g/mol. The molecule has 0 bridgehead atoms. The largest absolute Gasteiger partial charge is 0.385 e. The van der Waals surface area contributed by atoms with Crippen LogP contribution in [-0.2, 0) is 11.2 Å². The third kappa shape index (κ3) is 10.1. The van der Waals surface area contributed by atoms with Crippen LogP contribution in [0.2, 0.25) is 0 Å². The fourth-order valence-corrected chi connectivity index (χ4v) is 1.51. The first-order chi connectivity index (χ1) is 8.24. The van der Waals surface area contributed by atoms with Crippen molar-refractivity contribution in [2.45, 2.75) is 52.9 Å². The van der Waals surface area contributed by atoms with E-state index in [2.05, 4.69) is 45.0 Å². The molecule has 1 aromatic carbocycles. The lowest BCUT2D eigenvalue weighted by Gasteiger charge is -2.02. The first-order valence-corrected chi connectivity index (χ1v) is 6.79. The van der Waals surface area contributed by atoms with Crippen molar-refractivity contribution >= 4 is 0 Å². The SMILES string of the molecule is CCC.COCCCCCc1ccc(C)cc1. The van der Waals surface area contributed by atoms with Crippen LogP contribution < -0.4 is 0 Å². The van der Waals surface area contributed by atoms with E-state index < -0.39 is 0 Å². The topological polar surface area (TPSA) is 9.23 Å². The van der Waals surface area contributed by atoms with Crippen molar-refractivity contribution in [3.05, 3.63) is 35.4 Å². The Morgan fingerprint density at radius 1 is 0.941 bits per heavy atom. The van der Waals surface area contributed by atoms with Crippen LogP contribution in [0.3, 0.4) is 0 Å². The maximum absolute atomic E-state index is 5.01. The molecule has 0 spiro atoms. The predicted octanol–water partition coefficient (Wildman–Crippen LogP) is 4.77. The average Bonchev–Trinajstić information content (AvgIpc) is 2.32. The third-order valence-corrected chi connectivity index (χ3v) is 2.43. The van der Waals surface area contributed by atoms with Gasteiger partial charge in [0.1, 0.15) is 0 Å². The summed E-state index contributed by atoms with van der Waals surface area (Å²) in [5.74, 6) is 0. The number of methoxy groups -OCH3 is 1. The van der Waals surface area contributed by atoms with Gasteiger partial charge in [0.25, 0.3) is 0 Å². The summed E-state index contributed by atoms with van der Waals surface area (Å²) in [6, 6.07) is 8.83. The van der Waals surface area contributed by atoms with Gasteiger partial charge < -0.3 is 4.74 Å². The van der Waals surface area contributed by atoms with E-state index in [1.54, 1.807) is 7.11 Å². The van der Waals surface area contributed by atoms with Crippen LogP contribution in [0.4, 0.5) is 0 Å². The summed E-state index contributed by atoms with van der Waals surface area (Å²) >= 11 is 0. The second-order valence-corrected chi connectivity index (χ2v) is 4.50. The van der Waals surface area contributed by atoms with Crippen molar-refractivity contribution in [3.8, 4) is 0 Å². The highest BCUT2D eigenvalue weighted by atomic mass is 16.5. The molecule has 17 heavy (non-hydrogen) atoms. The molecule has 0 unspecified atom stereocenters. The zero-order valence-corrected chi connectivity index (χ0v) is 12.0. The van der Waals surface area contributed by atoms with E-state index in [9.17, 15) is 0 Å². The number of unbranched alkanes of at least 4 members (excludes halogenated alkanes) is 2. The van der Waals surface area contributed by atoms with Crippen molar-refractivity contribution in [2.75, 3.05) is 13.7 Å². The molecule has 0 saturated carbocycles. The van der Waals surface area contributed by atoms with E-state index >= 15 is 0 Å². The molecule has 0 heterocycles. The molecule has 0 amide bonds. The summed E-state index contributed by atoms with van der Waals surface area (Å²) in [5.41, 5.74) is 2.79. The average molecular weight is 236 g/mol. The molecule has 1 aromatic rings. The van der Waals surface area contributed by atoms with Crippen LogP contribution in [0.5, 0.6) is 0 Å². The van der Waals surface area contributed by atoms with E-state index in [1.807, 2.05) is 0 Å². The number of aryl methyl sites for hydroxylation is 2. The highest BCUT2D eigenvalue weighted by Gasteiger charge is 1.93. The molecule has 0 radical (unpaired) electrons. The molecule has 0 atom stereocenters. The van der Waals surface area contributed by atoms with Gasteiger partial charge in [0.2, 0.25) is 0 Å². The molecule has 98 valence electrons. The van der Waals surface area contributed by atoms with Crippen molar-refractivity contribution in [2.24, 2.45) is 0 Å². The smallest absolute Gasteiger partial charge is 0.0462 e. The number of hydrogen-bond donors (Lipinski definition) is 0. The summed E-state index contributed by atoms with van der Waals surface area (Å²) in [4.78, 5) is 0. The molecule has 0 aliphatic rings. The third-order valence-electron chi connectivity index (χ3n) is 2.43. The molecule has 1 nitrogen and oxygen atoms in total. The van der Waals surface area contributed by atoms with Gasteiger partial charge >= 0.3 is 0 Å². The van der Waals surface area contributed by atoms with Crippen molar-refractivity contribution in [1.29, 1.82) is 0 Å². The van der Waals surface area contributed by atoms with Crippen LogP contribution in [0.15, 0.2) is 24.3 Å². The standard InChI is InChI=1S/C13H20O.C3H8/c1-12-7-9-13(10-8-12)6-4-3-5-11-14-2;1-3-2/h7-10H,3-6,11H2,1-2H3;3H2,1-2H3. The Morgan fingerprint density at radius 3 is 2.06 bits per heavy atom. The molecule has 0 saturated heterocycles. The minimum Gasteiger partial charge on any atom is -0.385 e. The minimum atomic E-state index is 0.897. The molecule has 0 aliphatic carbocycles. The van der Waals surface area contributed by atoms with E-state index in [-0.39, 0.29) is 0 Å². The minimum absolute atomic E-state index is 0.897. The zero-order valence-electron chi connectivity index (χ0n) is 12.0. The number of rotatable bonds is 6. The number of hydrogen-bond acceptors (Lipinski definition) is 1. The van der Waals surface area contributed by atoms with Gasteiger partial charge in [0.15, 0.2) is 0 Å². The van der Waals surface area contributed by atoms with Gasteiger partial charge in [-0.3, -0.25) is 0 Å². The lowest BCUT2D eigenvalue weighted by atomic mass is 10.1. The van der Waals surface area contributed by atoms with E-state index in [0.29, 0.717) is 0 Å². The highest BCUT2D eigenvalue weighted by Crippen LogP contribution is 2.08. The molecule has 0 aliphatic heterocycles. The van der Waals surface area contributed by atoms with E-state index in [4.69, 9.17) is 4.74 Å². The first kappa shape index (κ1) is 16.2. The van der Waals surface area contributed by atoms with Gasteiger partial charge in [-0.2, -0.15) is 0 Å². The Balaban J connectivity index is 0.000000770. The summed E-state index contributed by atoms with van der Waals surface area (Å²) in [5, 5.41) is 0. The molecule has 0 N–H and O–H groups in total. The maximum Gasteiger partial charge on any atom is 0.0462 e. The first-order valence-electron chi connectivity index (χ1n) is 6.79. The summed E-state index contributed by atoms with van der Waals surface area (Å²) in [7, 11) is 1.76. The Kier molecular flexibility index (Phi) is 11.1. The van der Waals surface area contributed by atoms with Crippen molar-refractivity contribution in [1.82, 2.24) is 0 Å². The monoisotopic (exact) mass is 236 g/mol. The van der Waals surface area contributed by atoms with Crippen LogP contribution in [0.1, 0.15) is 50.7 Å². The van der Waals surface area contributed by atoms with Gasteiger partial charge in [0, 0.05) is 13.7 Å². The summed E-state index contributed by atoms with van der Waals surface area (Å²) in [6.07, 6.45) is 6.17. The summed E-state index contributed by atoms with van der Waals surface area (Å²) in [6.45, 7) is 7.27. The number of ether oxygens (including phenoxy) is 1. The van der Waals surface area contributed by atoms with Crippen LogP contribution in [-0.4, -0.2) is 13.7 Å². The van der Waals surface area contributed by atoms with Crippen LogP contribution in [0, 0.1) is 6.92 Å². The van der Waals surface area contributed by atoms with Crippen molar-refractivity contribution in [3.63, 3.8) is 0 Å². The van der Waals surface area contributed by atoms with E-state index in [1.165, 1.54) is 43.2 Å². The molecule has 0 aromatic heterocycles. The summed E-state index contributed by atoms with van der Waals surface area (Å²) < 4.78 is 5.01. The van der Waals surface area contributed by atoms with E-state index in [0.717, 1.165) is 6.61 Å². The second-order valence-electron chi connectivity index (χ2n) is 4.50. The lowest BCUT2D eigenvalue weighted by molar-refractivity contribution is 0.192. The molecule has 1 rings (SSSR count). The van der Waals surface area contributed by atoms with Gasteiger partial charge in [-0.1, -0.05) is 56.5 Å². The van der Waals surface area contributed by atoms with Crippen LogP contribution >= 0.6 is 0 Å². The Morgan fingerprint density at radius 2 is 1.53 bits per heavy atom. The van der Waals surface area contributed by atoms with Gasteiger partial charge in [0.05, 0.1) is 0 Å². The Hall–Kier alpha value is -0.820. The quantitative estimate of drug-likeness (QED) is 0.646. The molecular formula is C16H28O. The fraction of sp³-hybridized carbons (Fsp3) is 0.625. The van der Waals surface area contributed by atoms with Crippen molar-refractivity contribution < 1.29 is 4.74 Å². The predicted molar refractivity (Wildman–Crippen MR) is 76.6 cm³/mol. The molecule has 1 heteroatoms. The second kappa shape index (κ2) is 11.7. The Bertz CT molecular complexity index is 251. The van der Waals surface area contributed by atoms with Gasteiger partial charge in [-0.25, -0.2) is 0 Å². The normalized spacial score (nSPS) is 9.65. The highest BCUT2D eigenvalue weighted by molar-refractivity contribution is 5.21. The lowest BCUT2D eigenvalue weighted by Crippen LogP contribution is -1.90. The molecule has 0 fully saturated rings. The van der Waals surface area contributed by atoms with Crippen LogP contribution in [0.25, 0.3) is 0 Å². The zero-order chi connectivity index (χ0) is 12.9. The Labute approximate surface area is 107 Å². The maximum atomic E-state index is 5.01. The number of benzene rings is 1.